The molecule has 9 aromatic rings. The minimum atomic E-state index is -1.04. The van der Waals surface area contributed by atoms with Gasteiger partial charge in [0, 0.05) is 68.7 Å². The topological polar surface area (TPSA) is 272 Å². The molecule has 1 saturated heterocycles. The molecule has 0 N–H and O–H groups in total. The largest absolute Gasteiger partial charge is 0.514 e. The van der Waals surface area contributed by atoms with Crippen molar-refractivity contribution in [3.05, 3.63) is 282 Å². The summed E-state index contributed by atoms with van der Waals surface area (Å²) in [7, 11) is 0. The summed E-state index contributed by atoms with van der Waals surface area (Å²) >= 11 is 0. The van der Waals surface area contributed by atoms with E-state index in [1.165, 1.54) is 4.68 Å². The van der Waals surface area contributed by atoms with E-state index in [0.717, 1.165) is 52.0 Å². The predicted octanol–water partition coefficient (Wildman–Crippen LogP) is 12.9. The third-order valence-electron chi connectivity index (χ3n) is 19.4. The number of nitrogens with zero attached hydrogens (tertiary/aromatic N) is 9. The van der Waals surface area contributed by atoms with Gasteiger partial charge in [0.2, 0.25) is 33.5 Å². The zero-order valence-electron chi connectivity index (χ0n) is 62.3. The summed E-state index contributed by atoms with van der Waals surface area (Å²) in [5.74, 6) is -3.52. The maximum Gasteiger partial charge on any atom is 0.514 e. The number of hydrogen-bond acceptors (Lipinski definition) is 18. The molecule has 13 rings (SSSR count). The van der Waals surface area contributed by atoms with Gasteiger partial charge in [-0.3, -0.25) is 47.6 Å². The van der Waals surface area contributed by atoms with E-state index in [4.69, 9.17) is 28.4 Å². The van der Waals surface area contributed by atoms with Gasteiger partial charge >= 0.3 is 18.3 Å². The molecule has 24 heteroatoms. The van der Waals surface area contributed by atoms with Crippen molar-refractivity contribution < 1.29 is 57.2 Å². The lowest BCUT2D eigenvalue weighted by atomic mass is 9.83. The van der Waals surface area contributed by atoms with Gasteiger partial charge in [-0.15, -0.1) is 0 Å². The van der Waals surface area contributed by atoms with Crippen LogP contribution < -0.4 is 30.5 Å². The van der Waals surface area contributed by atoms with Crippen molar-refractivity contribution in [3.8, 4) is 17.2 Å². The Morgan fingerprint density at radius 1 is 0.398 bits per heavy atom. The number of rotatable bonds is 19. The lowest BCUT2D eigenvalue weighted by molar-refractivity contribution is -0.142. The van der Waals surface area contributed by atoms with Crippen LogP contribution in [0.1, 0.15) is 183 Å². The molecule has 3 atom stereocenters. The van der Waals surface area contributed by atoms with Crippen molar-refractivity contribution >= 4 is 36.0 Å². The van der Waals surface area contributed by atoms with Crippen LogP contribution in [0, 0.1) is 11.8 Å². The molecule has 3 aromatic heterocycles. The van der Waals surface area contributed by atoms with Gasteiger partial charge in [-0.05, 0) is 108 Å². The molecule has 7 heterocycles. The summed E-state index contributed by atoms with van der Waals surface area (Å²) < 4.78 is 36.6. The summed E-state index contributed by atoms with van der Waals surface area (Å²) in [5, 5.41) is 13.2. The zero-order valence-corrected chi connectivity index (χ0v) is 62.3. The number of amides is 3. The highest BCUT2D eigenvalue weighted by molar-refractivity contribution is 5.98. The molecule has 0 bridgehead atoms. The Bertz CT molecular complexity index is 4680. The number of esters is 1. The molecule has 4 aliphatic rings. The number of ether oxygens (including phenoxy) is 6. The van der Waals surface area contributed by atoms with E-state index >= 15 is 0 Å². The second-order valence-electron chi connectivity index (χ2n) is 28.5. The van der Waals surface area contributed by atoms with Crippen molar-refractivity contribution in [2.75, 3.05) is 39.5 Å². The van der Waals surface area contributed by atoms with Crippen molar-refractivity contribution in [2.45, 2.75) is 142 Å². The minimum Gasteiger partial charge on any atom is -0.434 e. The van der Waals surface area contributed by atoms with Crippen molar-refractivity contribution in [3.63, 3.8) is 0 Å². The van der Waals surface area contributed by atoms with Gasteiger partial charge in [0.05, 0.1) is 55.3 Å². The van der Waals surface area contributed by atoms with Crippen molar-refractivity contribution in [2.24, 2.45) is 11.8 Å². The van der Waals surface area contributed by atoms with Gasteiger partial charge in [-0.1, -0.05) is 196 Å². The number of fused-ring (bicyclic) bond motifs is 3. The Kier molecular flexibility index (Phi) is 25.2. The maximum atomic E-state index is 13.7. The van der Waals surface area contributed by atoms with E-state index in [-0.39, 0.29) is 113 Å². The van der Waals surface area contributed by atoms with Gasteiger partial charge in [0.1, 0.15) is 0 Å². The molecule has 0 spiro atoms. The number of aromatic nitrogens is 6. The van der Waals surface area contributed by atoms with E-state index in [1.807, 2.05) is 213 Å². The summed E-state index contributed by atoms with van der Waals surface area (Å²) in [6, 6.07) is 58.5. The lowest BCUT2D eigenvalue weighted by Crippen LogP contribution is -2.50. The summed E-state index contributed by atoms with van der Waals surface area (Å²) in [6.45, 7) is 20.8. The molecule has 0 aliphatic carbocycles. The standard InChI is InChI=1S/C29H31N3O5.C28H31N3O5.C27H29N3O5/c1-19(2)31-18-23(25(20-9-5-3-6-10-20)21-11-7-4-8-12-21)32-26(28(31)34)27(24(33)17-30-32)37-29(35)22-13-15-36-16-14-22;1-18(2)17-35-28(34)36-26-23(32)15-29-31-22(16-30(19(3)4)27(33)25(26)31)24(20-11-7-5-8-12-20)21-13-9-6-10-14-21;1-17(2)29-16-21(23(19-11-7-5-8-12-19)20-13-9-6-10-14-20)30-24(26(29)32)25(22(31)15-28-30)35-27(33)34-18(3)4/h3-12,17,19,22-23,25H,13-16,18H2,1-2H3;5-15,18-19,22,24H,16-17H2,1-4H3;5-15,17-18,21,23H,16H2,1-4H3. The number of benzene rings is 6. The second-order valence-corrected chi connectivity index (χ2v) is 28.5. The van der Waals surface area contributed by atoms with Crippen LogP contribution in [0.2, 0.25) is 0 Å². The van der Waals surface area contributed by atoms with Crippen LogP contribution in [0.25, 0.3) is 0 Å². The fraction of sp³-hybridized carbons (Fsp3) is 0.357. The molecule has 108 heavy (non-hydrogen) atoms. The number of carbonyl (C=O) groups is 6. The number of carbonyl (C=O) groups excluding carboxylic acids is 6. The zero-order chi connectivity index (χ0) is 76.9. The summed E-state index contributed by atoms with van der Waals surface area (Å²) in [5.41, 5.74) is 4.29. The Hall–Kier alpha value is -11.7. The first-order valence-electron chi connectivity index (χ1n) is 36.6. The van der Waals surface area contributed by atoms with Crippen molar-refractivity contribution in [1.29, 1.82) is 0 Å². The van der Waals surface area contributed by atoms with Gasteiger partial charge < -0.3 is 43.1 Å². The maximum absolute atomic E-state index is 13.7. The molecule has 562 valence electrons. The highest BCUT2D eigenvalue weighted by atomic mass is 16.7. The SMILES string of the molecule is CC(C)COC(=O)Oc1c2n(ncc1=O)C(C(c1ccccc1)c1ccccc1)CN(C(C)C)C2=O.CC(C)N1CC(C(c2ccccc2)c2ccccc2)n2ncc(=O)c(OC(=O)C3CCOCC3)c2C1=O.CC(C)OC(=O)Oc1c2n(ncc1=O)C(C(c1ccccc1)c1ccccc1)CN(C(C)C)C2=O. The molecule has 1 fully saturated rings. The van der Waals surface area contributed by atoms with Crippen LogP contribution in [0.15, 0.2) is 215 Å². The average molecular weight is 1470 g/mol. The smallest absolute Gasteiger partial charge is 0.434 e. The van der Waals surface area contributed by atoms with Gasteiger partial charge in [0.15, 0.2) is 17.1 Å². The molecular formula is C84H91N9O15. The highest BCUT2D eigenvalue weighted by Crippen LogP contribution is 2.44. The second kappa shape index (κ2) is 35.2. The first-order valence-corrected chi connectivity index (χ1v) is 36.6. The normalized spacial score (nSPS) is 16.4. The van der Waals surface area contributed by atoms with Crippen LogP contribution in [0.3, 0.4) is 0 Å². The molecule has 4 aliphatic heterocycles. The highest BCUT2D eigenvalue weighted by Gasteiger charge is 2.45. The molecule has 3 amide bonds. The van der Waals surface area contributed by atoms with Gasteiger partial charge in [0.25, 0.3) is 17.7 Å². The van der Waals surface area contributed by atoms with E-state index in [9.17, 15) is 43.2 Å². The van der Waals surface area contributed by atoms with Gasteiger partial charge in [-0.2, -0.15) is 15.3 Å². The predicted molar refractivity (Wildman–Crippen MR) is 404 cm³/mol. The van der Waals surface area contributed by atoms with Crippen LogP contribution >= 0.6 is 0 Å². The lowest BCUT2D eigenvalue weighted by Gasteiger charge is -2.41. The summed E-state index contributed by atoms with van der Waals surface area (Å²) in [4.78, 5) is 122. The first kappa shape index (κ1) is 77.4. The number of hydrogen-bond donors (Lipinski definition) is 0. The van der Waals surface area contributed by atoms with Crippen LogP contribution in [-0.2, 0) is 19.0 Å². The van der Waals surface area contributed by atoms with Crippen LogP contribution in [0.5, 0.6) is 17.2 Å². The fourth-order valence-corrected chi connectivity index (χ4v) is 14.2. The molecule has 3 unspecified atom stereocenters. The third kappa shape index (κ3) is 17.6. The Labute approximate surface area is 626 Å². The Morgan fingerprint density at radius 2 is 0.676 bits per heavy atom. The quantitative estimate of drug-likeness (QED) is 0.0680. The minimum absolute atomic E-state index is 0.0229. The molecular weight excluding hydrogens is 1370 g/mol. The van der Waals surface area contributed by atoms with Crippen LogP contribution in [-0.4, -0.2) is 144 Å². The van der Waals surface area contributed by atoms with Crippen molar-refractivity contribution in [1.82, 2.24) is 44.0 Å². The van der Waals surface area contributed by atoms with Gasteiger partial charge in [-0.25, -0.2) is 9.59 Å². The summed E-state index contributed by atoms with van der Waals surface area (Å²) in [6.07, 6.45) is 1.85. The average Bonchev–Trinajstić information content (AvgIpc) is 0.756. The van der Waals surface area contributed by atoms with E-state index in [1.54, 1.807) is 37.9 Å². The Morgan fingerprint density at radius 3 is 0.944 bits per heavy atom. The molecule has 0 radical (unpaired) electrons. The van der Waals surface area contributed by atoms with E-state index in [0.29, 0.717) is 45.7 Å². The monoisotopic (exact) mass is 1470 g/mol. The van der Waals surface area contributed by atoms with E-state index in [2.05, 4.69) is 39.6 Å². The van der Waals surface area contributed by atoms with E-state index < -0.39 is 52.5 Å². The first-order chi connectivity index (χ1) is 52.0. The molecule has 24 nitrogen and oxygen atoms in total. The molecule has 6 aromatic carbocycles. The Balaban J connectivity index is 0.000000161. The fourth-order valence-electron chi connectivity index (χ4n) is 14.2. The van der Waals surface area contributed by atoms with Crippen LogP contribution in [0.4, 0.5) is 9.59 Å². The molecule has 0 saturated carbocycles. The third-order valence-corrected chi connectivity index (χ3v) is 19.4.